The molecule has 0 unspecified atom stereocenters. The van der Waals surface area contributed by atoms with Gasteiger partial charge in [-0.2, -0.15) is 0 Å². The summed E-state index contributed by atoms with van der Waals surface area (Å²) in [6.07, 6.45) is 1.71. The highest BCUT2D eigenvalue weighted by Crippen LogP contribution is 2.24. The van der Waals surface area contributed by atoms with Crippen LogP contribution in [-0.4, -0.2) is 39.4 Å². The summed E-state index contributed by atoms with van der Waals surface area (Å²) < 4.78 is 0. The molecule has 128 valence electrons. The van der Waals surface area contributed by atoms with E-state index in [-0.39, 0.29) is 18.0 Å². The largest absolute Gasteiger partial charge is 0.370 e. The average Bonchev–Trinajstić information content (AvgIpc) is 2.54. The van der Waals surface area contributed by atoms with E-state index >= 15 is 0 Å². The van der Waals surface area contributed by atoms with Crippen molar-refractivity contribution in [2.45, 2.75) is 46.7 Å². The van der Waals surface area contributed by atoms with Gasteiger partial charge in [0.15, 0.2) is 5.82 Å². The zero-order valence-electron chi connectivity index (χ0n) is 15.1. The number of hydrogen-bond acceptors (Lipinski definition) is 4. The summed E-state index contributed by atoms with van der Waals surface area (Å²) in [7, 11) is 0. The summed E-state index contributed by atoms with van der Waals surface area (Å²) >= 11 is 0. The van der Waals surface area contributed by atoms with Crippen LogP contribution >= 0.6 is 0 Å². The Balaban J connectivity index is 2.47. The molecule has 0 radical (unpaired) electrons. The highest BCUT2D eigenvalue weighted by Gasteiger charge is 2.24. The predicted molar refractivity (Wildman–Crippen MR) is 98.1 cm³/mol. The van der Waals surface area contributed by atoms with Crippen molar-refractivity contribution in [1.29, 1.82) is 0 Å². The maximum Gasteiger partial charge on any atom is 0.255 e. The molecule has 0 spiro atoms. The lowest BCUT2D eigenvalue weighted by molar-refractivity contribution is 0.0644. The lowest BCUT2D eigenvalue weighted by Gasteiger charge is -2.31. The monoisotopic (exact) mass is 326 g/mol. The molecular formula is C19H26N4O. The molecule has 1 amide bonds. The fourth-order valence-electron chi connectivity index (χ4n) is 2.84. The SMILES string of the molecule is CCNc1ccnc(-c2ccccc2C(=O)N(C(C)C)C(C)C)n1. The molecule has 2 rings (SSSR count). The summed E-state index contributed by atoms with van der Waals surface area (Å²) in [6.45, 7) is 10.9. The highest BCUT2D eigenvalue weighted by atomic mass is 16.2. The standard InChI is InChI=1S/C19H26N4O/c1-6-20-17-11-12-21-18(22-17)15-9-7-8-10-16(15)19(24)23(13(2)3)14(4)5/h7-14H,6H2,1-5H3,(H,20,21,22). The Bertz CT molecular complexity index is 689. The molecule has 5 nitrogen and oxygen atoms in total. The molecule has 1 aromatic carbocycles. The summed E-state index contributed by atoms with van der Waals surface area (Å²) in [4.78, 5) is 23.9. The van der Waals surface area contributed by atoms with Gasteiger partial charge in [-0.1, -0.05) is 18.2 Å². The molecule has 0 aliphatic rings. The van der Waals surface area contributed by atoms with Crippen LogP contribution in [0, 0.1) is 0 Å². The van der Waals surface area contributed by atoms with Gasteiger partial charge in [0.1, 0.15) is 5.82 Å². The summed E-state index contributed by atoms with van der Waals surface area (Å²) in [6, 6.07) is 9.61. The van der Waals surface area contributed by atoms with Crippen molar-refractivity contribution in [2.75, 3.05) is 11.9 Å². The number of rotatable bonds is 6. The van der Waals surface area contributed by atoms with Gasteiger partial charge in [-0.15, -0.1) is 0 Å². The van der Waals surface area contributed by atoms with Crippen molar-refractivity contribution in [1.82, 2.24) is 14.9 Å². The minimum absolute atomic E-state index is 0.00746. The van der Waals surface area contributed by atoms with E-state index in [2.05, 4.69) is 15.3 Å². The first-order valence-electron chi connectivity index (χ1n) is 8.44. The van der Waals surface area contributed by atoms with Crippen molar-refractivity contribution < 1.29 is 4.79 Å². The molecule has 0 fully saturated rings. The first-order valence-corrected chi connectivity index (χ1v) is 8.44. The molecule has 5 heteroatoms. The van der Waals surface area contributed by atoms with Gasteiger partial charge in [0.25, 0.3) is 5.91 Å². The van der Waals surface area contributed by atoms with Crippen molar-refractivity contribution in [3.63, 3.8) is 0 Å². The molecule has 1 aromatic heterocycles. The van der Waals surface area contributed by atoms with E-state index in [9.17, 15) is 4.79 Å². The summed E-state index contributed by atoms with van der Waals surface area (Å²) in [5, 5.41) is 3.18. The van der Waals surface area contributed by atoms with Crippen LogP contribution in [0.2, 0.25) is 0 Å². The number of nitrogens with zero attached hydrogens (tertiary/aromatic N) is 3. The van der Waals surface area contributed by atoms with Crippen LogP contribution in [0.1, 0.15) is 45.0 Å². The molecule has 0 aliphatic carbocycles. The minimum atomic E-state index is 0.00746. The third-order valence-corrected chi connectivity index (χ3v) is 3.76. The van der Waals surface area contributed by atoms with Crippen LogP contribution in [0.25, 0.3) is 11.4 Å². The third kappa shape index (κ3) is 3.91. The second-order valence-corrected chi connectivity index (χ2v) is 6.24. The molecule has 0 saturated heterocycles. The second-order valence-electron chi connectivity index (χ2n) is 6.24. The molecule has 0 atom stereocenters. The Morgan fingerprint density at radius 2 is 1.79 bits per heavy atom. The smallest absolute Gasteiger partial charge is 0.255 e. The number of carbonyl (C=O) groups excluding carboxylic acids is 1. The zero-order chi connectivity index (χ0) is 17.7. The van der Waals surface area contributed by atoms with Crippen molar-refractivity contribution >= 4 is 11.7 Å². The number of aromatic nitrogens is 2. The van der Waals surface area contributed by atoms with E-state index in [0.717, 1.165) is 17.9 Å². The first kappa shape index (κ1) is 17.9. The third-order valence-electron chi connectivity index (χ3n) is 3.76. The quantitative estimate of drug-likeness (QED) is 0.876. The zero-order valence-corrected chi connectivity index (χ0v) is 15.1. The van der Waals surface area contributed by atoms with Gasteiger partial charge in [0, 0.05) is 30.4 Å². The maximum atomic E-state index is 13.1. The topological polar surface area (TPSA) is 58.1 Å². The van der Waals surface area contributed by atoms with Crippen LogP contribution < -0.4 is 5.32 Å². The van der Waals surface area contributed by atoms with E-state index in [1.807, 2.05) is 69.9 Å². The normalized spacial score (nSPS) is 11.0. The van der Waals surface area contributed by atoms with Crippen LogP contribution in [0.3, 0.4) is 0 Å². The Hall–Kier alpha value is -2.43. The van der Waals surface area contributed by atoms with E-state index in [1.54, 1.807) is 6.20 Å². The second kappa shape index (κ2) is 7.90. The Kier molecular flexibility index (Phi) is 5.90. The number of amides is 1. The Morgan fingerprint density at radius 3 is 2.42 bits per heavy atom. The first-order chi connectivity index (χ1) is 11.5. The summed E-state index contributed by atoms with van der Waals surface area (Å²) in [5.41, 5.74) is 1.39. The molecule has 0 saturated carbocycles. The number of anilines is 1. The number of benzene rings is 1. The van der Waals surface area contributed by atoms with E-state index in [0.29, 0.717) is 11.4 Å². The van der Waals surface area contributed by atoms with E-state index in [4.69, 9.17) is 0 Å². The molecule has 24 heavy (non-hydrogen) atoms. The molecule has 0 aliphatic heterocycles. The lowest BCUT2D eigenvalue weighted by Crippen LogP contribution is -2.42. The summed E-state index contributed by atoms with van der Waals surface area (Å²) in [5.74, 6) is 1.33. The Labute approximate surface area is 144 Å². The number of nitrogens with one attached hydrogen (secondary N) is 1. The molecule has 1 N–H and O–H groups in total. The predicted octanol–water partition coefficient (Wildman–Crippen LogP) is 3.83. The maximum absolute atomic E-state index is 13.1. The van der Waals surface area contributed by atoms with Gasteiger partial charge in [-0.25, -0.2) is 9.97 Å². The van der Waals surface area contributed by atoms with Gasteiger partial charge < -0.3 is 10.2 Å². The van der Waals surface area contributed by atoms with Crippen LogP contribution in [-0.2, 0) is 0 Å². The van der Waals surface area contributed by atoms with Gasteiger partial charge in [-0.3, -0.25) is 4.79 Å². The Morgan fingerprint density at radius 1 is 1.12 bits per heavy atom. The minimum Gasteiger partial charge on any atom is -0.370 e. The number of hydrogen-bond donors (Lipinski definition) is 1. The van der Waals surface area contributed by atoms with E-state index in [1.165, 1.54) is 0 Å². The fraction of sp³-hybridized carbons (Fsp3) is 0.421. The van der Waals surface area contributed by atoms with Gasteiger partial charge in [-0.05, 0) is 46.8 Å². The fourth-order valence-corrected chi connectivity index (χ4v) is 2.84. The van der Waals surface area contributed by atoms with Crippen LogP contribution in [0.5, 0.6) is 0 Å². The van der Waals surface area contributed by atoms with Crippen LogP contribution in [0.4, 0.5) is 5.82 Å². The van der Waals surface area contributed by atoms with Gasteiger partial charge in [0.05, 0.1) is 5.56 Å². The van der Waals surface area contributed by atoms with Gasteiger partial charge in [0.2, 0.25) is 0 Å². The average molecular weight is 326 g/mol. The van der Waals surface area contributed by atoms with Crippen molar-refractivity contribution in [3.8, 4) is 11.4 Å². The molecular weight excluding hydrogens is 300 g/mol. The van der Waals surface area contributed by atoms with E-state index < -0.39 is 0 Å². The molecule has 2 aromatic rings. The van der Waals surface area contributed by atoms with Crippen molar-refractivity contribution in [3.05, 3.63) is 42.1 Å². The van der Waals surface area contributed by atoms with Gasteiger partial charge >= 0.3 is 0 Å². The lowest BCUT2D eigenvalue weighted by atomic mass is 10.0. The molecule has 0 bridgehead atoms. The molecule has 1 heterocycles. The number of carbonyl (C=O) groups is 1. The highest BCUT2D eigenvalue weighted by molar-refractivity contribution is 6.00. The van der Waals surface area contributed by atoms with Crippen LogP contribution in [0.15, 0.2) is 36.5 Å². The van der Waals surface area contributed by atoms with Crippen molar-refractivity contribution in [2.24, 2.45) is 0 Å².